The van der Waals surface area contributed by atoms with Gasteiger partial charge in [-0.2, -0.15) is 0 Å². The number of rotatable bonds is 11. The fourth-order valence-electron chi connectivity index (χ4n) is 4.49. The van der Waals surface area contributed by atoms with E-state index in [4.69, 9.17) is 47.4 Å². The molecule has 0 aromatic rings. The number of carbonyl (C=O) groups is 7. The van der Waals surface area contributed by atoms with E-state index in [2.05, 4.69) is 0 Å². The van der Waals surface area contributed by atoms with Gasteiger partial charge in [-0.1, -0.05) is 0 Å². The molecule has 248 valence electrons. The summed E-state index contributed by atoms with van der Waals surface area (Å²) in [6.45, 7) is 6.11. The van der Waals surface area contributed by atoms with Gasteiger partial charge in [-0.25, -0.2) is 0 Å². The van der Waals surface area contributed by atoms with Crippen molar-refractivity contribution >= 4 is 41.8 Å². The van der Waals surface area contributed by atoms with Gasteiger partial charge in [0.25, 0.3) is 0 Å². The molecule has 2 saturated heterocycles. The third-order valence-electron chi connectivity index (χ3n) is 5.90. The molecule has 2 aliphatic rings. The maximum atomic E-state index is 12.2. The van der Waals surface area contributed by atoms with Gasteiger partial charge >= 0.3 is 41.8 Å². The van der Waals surface area contributed by atoms with Crippen molar-refractivity contribution in [3.05, 3.63) is 0 Å². The van der Waals surface area contributed by atoms with E-state index >= 15 is 0 Å². The van der Waals surface area contributed by atoms with Gasteiger partial charge in [-0.3, -0.25) is 33.6 Å². The standard InChI is InChI=1S/C26H36O18/c1-10(27)35-8-17-20(21(38-13(4)30)23(25(34)42-17)40-15(6)32)44-26-24(41-16(7)33)22(39-14(5)31)19(37-12(3)29)18(43-26)9-36-11(2)28/h17-26,34H,8-9H2,1-7H3/t17-,18?,19+,20-,21?,22+,23?,24?,25+,26+/m1/s1. The molecule has 0 saturated carbocycles. The van der Waals surface area contributed by atoms with Crippen LogP contribution < -0.4 is 0 Å². The molecule has 2 heterocycles. The van der Waals surface area contributed by atoms with Crippen LogP contribution in [0.15, 0.2) is 0 Å². The van der Waals surface area contributed by atoms with E-state index in [1.165, 1.54) is 0 Å². The van der Waals surface area contributed by atoms with Crippen molar-refractivity contribution in [2.24, 2.45) is 0 Å². The highest BCUT2D eigenvalue weighted by molar-refractivity contribution is 5.69. The molecule has 0 aromatic heterocycles. The highest BCUT2D eigenvalue weighted by Crippen LogP contribution is 2.34. The van der Waals surface area contributed by atoms with Crippen molar-refractivity contribution in [3.8, 4) is 0 Å². The Balaban J connectivity index is 2.66. The Morgan fingerprint density at radius 2 is 0.841 bits per heavy atom. The van der Waals surface area contributed by atoms with Gasteiger partial charge in [0.1, 0.15) is 31.5 Å². The summed E-state index contributed by atoms with van der Waals surface area (Å²) in [6.07, 6.45) is -16.3. The number of esters is 7. The molecule has 0 aliphatic carbocycles. The van der Waals surface area contributed by atoms with E-state index in [1.54, 1.807) is 0 Å². The molecular formula is C26H36O18. The average Bonchev–Trinajstić information content (AvgIpc) is 2.87. The first-order valence-corrected chi connectivity index (χ1v) is 13.3. The molecule has 18 heteroatoms. The Kier molecular flexibility index (Phi) is 13.4. The fourth-order valence-corrected chi connectivity index (χ4v) is 4.49. The first kappa shape index (κ1) is 36.3. The molecule has 0 radical (unpaired) electrons. The Morgan fingerprint density at radius 1 is 0.477 bits per heavy atom. The fraction of sp³-hybridized carbons (Fsp3) is 0.731. The number of aliphatic hydroxyl groups is 1. The van der Waals surface area contributed by atoms with Crippen LogP contribution in [0, 0.1) is 0 Å². The lowest BCUT2D eigenvalue weighted by Crippen LogP contribution is -2.67. The maximum absolute atomic E-state index is 12.2. The minimum atomic E-state index is -1.90. The smallest absolute Gasteiger partial charge is 0.303 e. The van der Waals surface area contributed by atoms with Gasteiger partial charge in [0.2, 0.25) is 0 Å². The predicted octanol–water partition coefficient (Wildman–Crippen LogP) is -1.40. The van der Waals surface area contributed by atoms with Gasteiger partial charge in [-0.15, -0.1) is 0 Å². The molecule has 0 spiro atoms. The zero-order chi connectivity index (χ0) is 33.3. The first-order valence-electron chi connectivity index (χ1n) is 13.3. The molecule has 2 rings (SSSR count). The second-order valence-corrected chi connectivity index (χ2v) is 9.68. The van der Waals surface area contributed by atoms with Crippen LogP contribution in [0.3, 0.4) is 0 Å². The largest absolute Gasteiger partial charge is 0.463 e. The topological polar surface area (TPSA) is 232 Å². The van der Waals surface area contributed by atoms with Crippen LogP contribution in [0.1, 0.15) is 48.5 Å². The summed E-state index contributed by atoms with van der Waals surface area (Å²) in [5.74, 6) is -6.03. The van der Waals surface area contributed by atoms with Crippen molar-refractivity contribution in [2.75, 3.05) is 13.2 Å². The van der Waals surface area contributed by atoms with Gasteiger partial charge in [0, 0.05) is 48.5 Å². The maximum Gasteiger partial charge on any atom is 0.303 e. The minimum absolute atomic E-state index is 0.572. The summed E-state index contributed by atoms with van der Waals surface area (Å²) in [5.41, 5.74) is 0. The molecule has 0 bridgehead atoms. The quantitative estimate of drug-likeness (QED) is 0.203. The average molecular weight is 637 g/mol. The molecule has 2 fully saturated rings. The number of aliphatic hydroxyl groups excluding tert-OH is 1. The Bertz CT molecular complexity index is 1090. The number of carbonyl (C=O) groups excluding carboxylic acids is 7. The zero-order valence-electron chi connectivity index (χ0n) is 25.1. The second kappa shape index (κ2) is 16.3. The van der Waals surface area contributed by atoms with Gasteiger partial charge < -0.3 is 52.5 Å². The molecule has 2 aliphatic heterocycles. The van der Waals surface area contributed by atoms with Gasteiger partial charge in [-0.05, 0) is 0 Å². The van der Waals surface area contributed by atoms with E-state index in [0.717, 1.165) is 48.5 Å². The van der Waals surface area contributed by atoms with Crippen LogP contribution in [0.5, 0.6) is 0 Å². The Hall–Kier alpha value is -3.87. The summed E-state index contributed by atoms with van der Waals surface area (Å²) in [5, 5.41) is 10.6. The van der Waals surface area contributed by atoms with Crippen LogP contribution in [0.4, 0.5) is 0 Å². The number of ether oxygens (including phenoxy) is 10. The summed E-state index contributed by atoms with van der Waals surface area (Å²) < 4.78 is 54.1. The van der Waals surface area contributed by atoms with Crippen molar-refractivity contribution in [2.45, 2.75) is 110 Å². The lowest BCUT2D eigenvalue weighted by atomic mass is 9.96. The molecule has 18 nitrogen and oxygen atoms in total. The lowest BCUT2D eigenvalue weighted by Gasteiger charge is -2.48. The van der Waals surface area contributed by atoms with E-state index in [9.17, 15) is 38.7 Å². The van der Waals surface area contributed by atoms with Crippen molar-refractivity contribution in [1.29, 1.82) is 0 Å². The molecule has 10 atom stereocenters. The molecular weight excluding hydrogens is 600 g/mol. The molecule has 1 N–H and O–H groups in total. The molecule has 0 amide bonds. The van der Waals surface area contributed by atoms with Gasteiger partial charge in [0.05, 0.1) is 0 Å². The Morgan fingerprint density at radius 3 is 1.27 bits per heavy atom. The van der Waals surface area contributed by atoms with Crippen LogP contribution in [-0.2, 0) is 80.9 Å². The minimum Gasteiger partial charge on any atom is -0.463 e. The van der Waals surface area contributed by atoms with Crippen LogP contribution in [-0.4, -0.2) is 122 Å². The van der Waals surface area contributed by atoms with Crippen molar-refractivity contribution in [1.82, 2.24) is 0 Å². The van der Waals surface area contributed by atoms with E-state index in [-0.39, 0.29) is 0 Å². The third-order valence-corrected chi connectivity index (χ3v) is 5.90. The second-order valence-electron chi connectivity index (χ2n) is 9.68. The highest BCUT2D eigenvalue weighted by Gasteiger charge is 2.57. The predicted molar refractivity (Wildman–Crippen MR) is 135 cm³/mol. The van der Waals surface area contributed by atoms with E-state index in [1.807, 2.05) is 0 Å². The van der Waals surface area contributed by atoms with E-state index in [0.29, 0.717) is 0 Å². The van der Waals surface area contributed by atoms with E-state index < -0.39 is 116 Å². The Labute approximate surface area is 251 Å². The zero-order valence-corrected chi connectivity index (χ0v) is 25.1. The number of hydrogen-bond donors (Lipinski definition) is 1. The molecule has 4 unspecified atom stereocenters. The number of hydrogen-bond acceptors (Lipinski definition) is 18. The monoisotopic (exact) mass is 636 g/mol. The van der Waals surface area contributed by atoms with Crippen LogP contribution in [0.25, 0.3) is 0 Å². The molecule has 0 aromatic carbocycles. The first-order chi connectivity index (χ1) is 20.5. The van der Waals surface area contributed by atoms with Crippen LogP contribution in [0.2, 0.25) is 0 Å². The summed E-state index contributed by atoms with van der Waals surface area (Å²) in [7, 11) is 0. The summed E-state index contributed by atoms with van der Waals surface area (Å²) >= 11 is 0. The normalized spacial score (nSPS) is 31.5. The molecule has 44 heavy (non-hydrogen) atoms. The SMILES string of the molecule is CC(=O)OCC1O[C@@H](O[C@H]2C(OC(C)=O)C(OC(C)=O)[C@@H](O)O[C@@H]2COC(C)=O)C(OC(C)=O)[C@@H](OC(C)=O)[C@H]1OC(C)=O. The summed E-state index contributed by atoms with van der Waals surface area (Å²) in [6, 6.07) is 0. The lowest BCUT2D eigenvalue weighted by molar-refractivity contribution is -0.357. The summed E-state index contributed by atoms with van der Waals surface area (Å²) in [4.78, 5) is 83.5. The highest BCUT2D eigenvalue weighted by atomic mass is 16.8. The van der Waals surface area contributed by atoms with Crippen molar-refractivity contribution < 1.29 is 86.0 Å². The van der Waals surface area contributed by atoms with Crippen molar-refractivity contribution in [3.63, 3.8) is 0 Å². The van der Waals surface area contributed by atoms with Gasteiger partial charge in [0.15, 0.2) is 43.1 Å². The van der Waals surface area contributed by atoms with Crippen LogP contribution >= 0.6 is 0 Å². The third kappa shape index (κ3) is 10.7.